The van der Waals surface area contributed by atoms with Crippen LogP contribution in [0.25, 0.3) is 10.8 Å². The van der Waals surface area contributed by atoms with Crippen LogP contribution in [0.3, 0.4) is 0 Å². The van der Waals surface area contributed by atoms with Gasteiger partial charge in [-0.15, -0.1) is 0 Å². The molecule has 0 bridgehead atoms. The van der Waals surface area contributed by atoms with Crippen LogP contribution in [0.1, 0.15) is 16.0 Å². The lowest BCUT2D eigenvalue weighted by molar-refractivity contribution is 1.20. The number of halogens is 3. The van der Waals surface area contributed by atoms with E-state index in [0.29, 0.717) is 0 Å². The maximum Gasteiger partial charge on any atom is 0.0651 e. The summed E-state index contributed by atoms with van der Waals surface area (Å²) >= 11 is 16.1. The van der Waals surface area contributed by atoms with E-state index in [-0.39, 0.29) is 4.83 Å². The van der Waals surface area contributed by atoms with E-state index in [0.717, 1.165) is 26.4 Å². The monoisotopic (exact) mass is 364 g/mol. The van der Waals surface area contributed by atoms with Crippen molar-refractivity contribution in [3.05, 3.63) is 81.8 Å². The fraction of sp³-hybridized carbons (Fsp3) is 0.0588. The SMILES string of the molecule is Clc1cccc(C(Br)c2ccc(Cl)c3ccccc23)c1. The molecule has 0 aliphatic heterocycles. The lowest BCUT2D eigenvalue weighted by Gasteiger charge is -2.15. The molecule has 3 aromatic rings. The van der Waals surface area contributed by atoms with E-state index in [9.17, 15) is 0 Å². The van der Waals surface area contributed by atoms with Crippen LogP contribution < -0.4 is 0 Å². The predicted octanol–water partition coefficient (Wildman–Crippen LogP) is 6.63. The van der Waals surface area contributed by atoms with Crippen molar-refractivity contribution in [2.75, 3.05) is 0 Å². The quantitative estimate of drug-likeness (QED) is 0.447. The summed E-state index contributed by atoms with van der Waals surface area (Å²) in [5.41, 5.74) is 2.32. The Kier molecular flexibility index (Phi) is 4.02. The fourth-order valence-electron chi connectivity index (χ4n) is 2.35. The fourth-order valence-corrected chi connectivity index (χ4v) is 3.46. The molecule has 20 heavy (non-hydrogen) atoms. The van der Waals surface area contributed by atoms with Crippen LogP contribution in [0.2, 0.25) is 10.0 Å². The van der Waals surface area contributed by atoms with Gasteiger partial charge in [-0.2, -0.15) is 0 Å². The standard InChI is InChI=1S/C17H11BrCl2/c18-17(11-4-3-5-12(19)10-11)15-8-9-16(20)14-7-2-1-6-13(14)15/h1-10,17H. The molecule has 0 nitrogen and oxygen atoms in total. The average Bonchev–Trinajstić information content (AvgIpc) is 2.47. The molecule has 0 amide bonds. The Hall–Kier alpha value is -1.02. The molecule has 0 radical (unpaired) electrons. The molecular formula is C17H11BrCl2. The van der Waals surface area contributed by atoms with E-state index in [1.807, 2.05) is 42.5 Å². The first-order valence-corrected chi connectivity index (χ1v) is 7.90. The zero-order chi connectivity index (χ0) is 14.1. The minimum absolute atomic E-state index is 0.0865. The molecule has 3 heteroatoms. The molecule has 0 aliphatic carbocycles. The highest BCUT2D eigenvalue weighted by atomic mass is 79.9. The van der Waals surface area contributed by atoms with E-state index in [1.165, 1.54) is 5.56 Å². The molecule has 0 saturated carbocycles. The highest BCUT2D eigenvalue weighted by Crippen LogP contribution is 2.38. The Morgan fingerprint density at radius 2 is 1.55 bits per heavy atom. The van der Waals surface area contributed by atoms with Gasteiger partial charge in [0.25, 0.3) is 0 Å². The minimum Gasteiger partial charge on any atom is -0.0843 e. The first-order valence-electron chi connectivity index (χ1n) is 6.23. The van der Waals surface area contributed by atoms with Gasteiger partial charge >= 0.3 is 0 Å². The van der Waals surface area contributed by atoms with Crippen molar-refractivity contribution in [3.63, 3.8) is 0 Å². The number of fused-ring (bicyclic) bond motifs is 1. The van der Waals surface area contributed by atoms with Crippen LogP contribution >= 0.6 is 39.1 Å². The molecule has 1 unspecified atom stereocenters. The van der Waals surface area contributed by atoms with E-state index in [2.05, 4.69) is 34.1 Å². The molecule has 0 aliphatic rings. The Bertz CT molecular complexity index is 768. The second-order valence-electron chi connectivity index (χ2n) is 4.60. The highest BCUT2D eigenvalue weighted by molar-refractivity contribution is 9.09. The summed E-state index contributed by atoms with van der Waals surface area (Å²) in [7, 11) is 0. The number of hydrogen-bond acceptors (Lipinski definition) is 0. The van der Waals surface area contributed by atoms with Gasteiger partial charge in [-0.25, -0.2) is 0 Å². The summed E-state index contributed by atoms with van der Waals surface area (Å²) in [6.07, 6.45) is 0. The van der Waals surface area contributed by atoms with E-state index in [4.69, 9.17) is 23.2 Å². The zero-order valence-corrected chi connectivity index (χ0v) is 13.6. The first-order chi connectivity index (χ1) is 9.66. The molecule has 0 N–H and O–H groups in total. The van der Waals surface area contributed by atoms with Gasteiger partial charge in [0, 0.05) is 15.4 Å². The highest BCUT2D eigenvalue weighted by Gasteiger charge is 2.14. The molecule has 0 saturated heterocycles. The molecule has 0 heterocycles. The third-order valence-corrected chi connectivity index (χ3v) is 4.91. The van der Waals surface area contributed by atoms with E-state index < -0.39 is 0 Å². The van der Waals surface area contributed by atoms with Crippen LogP contribution in [0.4, 0.5) is 0 Å². The predicted molar refractivity (Wildman–Crippen MR) is 91.2 cm³/mol. The first kappa shape index (κ1) is 13.9. The molecule has 0 spiro atoms. The van der Waals surface area contributed by atoms with Crippen molar-refractivity contribution in [2.24, 2.45) is 0 Å². The summed E-state index contributed by atoms with van der Waals surface area (Å²) in [5, 5.41) is 3.74. The van der Waals surface area contributed by atoms with Crippen molar-refractivity contribution in [2.45, 2.75) is 4.83 Å². The summed E-state index contributed by atoms with van der Waals surface area (Å²) in [6, 6.07) is 20.0. The Labute approximate surface area is 136 Å². The van der Waals surface area contributed by atoms with Crippen LogP contribution in [0, 0.1) is 0 Å². The Morgan fingerprint density at radius 3 is 2.30 bits per heavy atom. The van der Waals surface area contributed by atoms with Crippen LogP contribution in [-0.2, 0) is 0 Å². The molecule has 0 fully saturated rings. The summed E-state index contributed by atoms with van der Waals surface area (Å²) in [4.78, 5) is 0.0865. The molecule has 0 aromatic heterocycles. The Morgan fingerprint density at radius 1 is 0.800 bits per heavy atom. The van der Waals surface area contributed by atoms with Crippen molar-refractivity contribution in [3.8, 4) is 0 Å². The van der Waals surface area contributed by atoms with Crippen LogP contribution in [0.15, 0.2) is 60.7 Å². The lowest BCUT2D eigenvalue weighted by atomic mass is 9.98. The third-order valence-electron chi connectivity index (χ3n) is 3.32. The maximum atomic E-state index is 6.27. The summed E-state index contributed by atoms with van der Waals surface area (Å²) in [6.45, 7) is 0. The number of benzene rings is 3. The number of alkyl halides is 1. The molecule has 3 aromatic carbocycles. The molecule has 100 valence electrons. The topological polar surface area (TPSA) is 0 Å². The van der Waals surface area contributed by atoms with Crippen molar-refractivity contribution in [1.82, 2.24) is 0 Å². The van der Waals surface area contributed by atoms with Gasteiger partial charge < -0.3 is 0 Å². The second kappa shape index (κ2) is 5.77. The van der Waals surface area contributed by atoms with Crippen molar-refractivity contribution in [1.29, 1.82) is 0 Å². The van der Waals surface area contributed by atoms with Gasteiger partial charge in [0.2, 0.25) is 0 Å². The third kappa shape index (κ3) is 2.58. The number of rotatable bonds is 2. The van der Waals surface area contributed by atoms with Gasteiger partial charge in [-0.1, -0.05) is 81.6 Å². The zero-order valence-electron chi connectivity index (χ0n) is 10.5. The van der Waals surface area contributed by atoms with Gasteiger partial charge in [0.1, 0.15) is 0 Å². The van der Waals surface area contributed by atoms with Gasteiger partial charge in [-0.05, 0) is 34.7 Å². The van der Waals surface area contributed by atoms with Gasteiger partial charge in [0.15, 0.2) is 0 Å². The molecule has 3 rings (SSSR count). The Balaban J connectivity index is 2.17. The van der Waals surface area contributed by atoms with E-state index in [1.54, 1.807) is 0 Å². The van der Waals surface area contributed by atoms with Crippen LogP contribution in [-0.4, -0.2) is 0 Å². The van der Waals surface area contributed by atoms with E-state index >= 15 is 0 Å². The average molecular weight is 366 g/mol. The smallest absolute Gasteiger partial charge is 0.0651 e. The van der Waals surface area contributed by atoms with Crippen molar-refractivity contribution < 1.29 is 0 Å². The minimum atomic E-state index is 0.0865. The number of hydrogen-bond donors (Lipinski definition) is 0. The van der Waals surface area contributed by atoms with Gasteiger partial charge in [0.05, 0.1) is 4.83 Å². The lowest BCUT2D eigenvalue weighted by Crippen LogP contribution is -1.94. The summed E-state index contributed by atoms with van der Waals surface area (Å²) in [5.74, 6) is 0. The largest absolute Gasteiger partial charge is 0.0843 e. The molecule has 1 atom stereocenters. The molecular weight excluding hydrogens is 355 g/mol. The maximum absolute atomic E-state index is 6.27. The van der Waals surface area contributed by atoms with Crippen LogP contribution in [0.5, 0.6) is 0 Å². The van der Waals surface area contributed by atoms with Crippen molar-refractivity contribution >= 4 is 49.9 Å². The van der Waals surface area contributed by atoms with Gasteiger partial charge in [-0.3, -0.25) is 0 Å². The normalized spacial score (nSPS) is 12.6. The second-order valence-corrected chi connectivity index (χ2v) is 6.36. The summed E-state index contributed by atoms with van der Waals surface area (Å²) < 4.78 is 0.